The minimum absolute atomic E-state index is 0.427. The molecule has 19 heavy (non-hydrogen) atoms. The number of halogens is 3. The van der Waals surface area contributed by atoms with E-state index in [4.69, 9.17) is 0 Å². The molecule has 3 nitrogen and oxygen atoms in total. The van der Waals surface area contributed by atoms with E-state index in [2.05, 4.69) is 15.5 Å². The predicted molar refractivity (Wildman–Crippen MR) is 68.1 cm³/mol. The van der Waals surface area contributed by atoms with Gasteiger partial charge in [-0.3, -0.25) is 0 Å². The lowest BCUT2D eigenvalue weighted by atomic mass is 10.1. The molecule has 0 fully saturated rings. The van der Waals surface area contributed by atoms with E-state index in [-0.39, 0.29) is 0 Å². The number of aromatic nitrogens is 2. The van der Waals surface area contributed by atoms with Crippen LogP contribution < -0.4 is 5.32 Å². The highest BCUT2D eigenvalue weighted by Gasteiger charge is 2.29. The van der Waals surface area contributed by atoms with Crippen LogP contribution in [0.15, 0.2) is 24.3 Å². The van der Waals surface area contributed by atoms with Gasteiger partial charge >= 0.3 is 6.18 Å². The molecule has 0 saturated carbocycles. The molecule has 2 rings (SSSR count). The number of nitrogens with zero attached hydrogens (tertiary/aromatic N) is 2. The molecular weight excluding hydrogens is 275 g/mol. The van der Waals surface area contributed by atoms with Gasteiger partial charge in [-0.05, 0) is 24.1 Å². The fourth-order valence-electron chi connectivity index (χ4n) is 1.46. The summed E-state index contributed by atoms with van der Waals surface area (Å²) in [7, 11) is 0. The fraction of sp³-hybridized carbons (Fsp3) is 0.333. The van der Waals surface area contributed by atoms with Crippen LogP contribution in [0, 0.1) is 0 Å². The van der Waals surface area contributed by atoms with Crippen LogP contribution in [0.1, 0.15) is 23.1 Å². The summed E-state index contributed by atoms with van der Waals surface area (Å²) in [5, 5.41) is 12.5. The first kappa shape index (κ1) is 13.8. The third-order valence-electron chi connectivity index (χ3n) is 2.49. The number of anilines is 1. The van der Waals surface area contributed by atoms with Crippen LogP contribution in [-0.4, -0.2) is 10.2 Å². The molecule has 1 aromatic heterocycles. The van der Waals surface area contributed by atoms with Crippen LogP contribution in [0.3, 0.4) is 0 Å². The topological polar surface area (TPSA) is 37.8 Å². The highest BCUT2D eigenvalue weighted by atomic mass is 32.1. The monoisotopic (exact) mass is 287 g/mol. The highest BCUT2D eigenvalue weighted by molar-refractivity contribution is 7.15. The van der Waals surface area contributed by atoms with Gasteiger partial charge in [0.2, 0.25) is 5.13 Å². The van der Waals surface area contributed by atoms with Crippen molar-refractivity contribution >= 4 is 16.5 Å². The minimum atomic E-state index is -4.29. The third kappa shape index (κ3) is 3.66. The average molecular weight is 287 g/mol. The number of nitrogens with one attached hydrogen (secondary N) is 1. The predicted octanol–water partition coefficient (Wildman–Crippen LogP) is 3.73. The maximum absolute atomic E-state index is 12.4. The summed E-state index contributed by atoms with van der Waals surface area (Å²) in [4.78, 5) is 0. The Morgan fingerprint density at radius 2 is 1.84 bits per heavy atom. The zero-order chi connectivity index (χ0) is 13.9. The van der Waals surface area contributed by atoms with Crippen molar-refractivity contribution in [2.75, 3.05) is 5.32 Å². The summed E-state index contributed by atoms with van der Waals surface area (Å²) in [5.41, 5.74) is 0.127. The molecule has 1 N–H and O–H groups in total. The van der Waals surface area contributed by atoms with Gasteiger partial charge in [0, 0.05) is 6.54 Å². The van der Waals surface area contributed by atoms with Crippen LogP contribution in [0.25, 0.3) is 0 Å². The molecule has 0 aliphatic heterocycles. The van der Waals surface area contributed by atoms with Gasteiger partial charge in [0.15, 0.2) is 0 Å². The van der Waals surface area contributed by atoms with Gasteiger partial charge < -0.3 is 5.32 Å². The Bertz CT molecular complexity index is 534. The third-order valence-corrected chi connectivity index (χ3v) is 3.52. The zero-order valence-corrected chi connectivity index (χ0v) is 11.0. The molecule has 0 atom stereocenters. The van der Waals surface area contributed by atoms with E-state index < -0.39 is 11.7 Å². The Balaban J connectivity index is 1.96. The van der Waals surface area contributed by atoms with Crippen molar-refractivity contribution in [2.24, 2.45) is 0 Å². The first-order chi connectivity index (χ1) is 8.99. The molecule has 0 bridgehead atoms. The second-order valence-corrected chi connectivity index (χ2v) is 4.96. The van der Waals surface area contributed by atoms with Crippen molar-refractivity contribution in [3.63, 3.8) is 0 Å². The fourth-order valence-corrected chi connectivity index (χ4v) is 2.13. The van der Waals surface area contributed by atoms with Crippen LogP contribution in [0.2, 0.25) is 0 Å². The van der Waals surface area contributed by atoms with Gasteiger partial charge in [0.05, 0.1) is 5.56 Å². The summed E-state index contributed by atoms with van der Waals surface area (Å²) in [5.74, 6) is 0. The second kappa shape index (κ2) is 5.56. The largest absolute Gasteiger partial charge is 0.416 e. The van der Waals surface area contributed by atoms with Crippen molar-refractivity contribution in [2.45, 2.75) is 26.1 Å². The van der Waals surface area contributed by atoms with Gasteiger partial charge in [-0.15, -0.1) is 10.2 Å². The van der Waals surface area contributed by atoms with Gasteiger partial charge in [0.1, 0.15) is 5.01 Å². The van der Waals surface area contributed by atoms with E-state index >= 15 is 0 Å². The van der Waals surface area contributed by atoms with Crippen molar-refractivity contribution in [3.05, 3.63) is 40.4 Å². The van der Waals surface area contributed by atoms with Gasteiger partial charge in [-0.2, -0.15) is 13.2 Å². The van der Waals surface area contributed by atoms with E-state index in [0.29, 0.717) is 11.7 Å². The molecule has 7 heteroatoms. The van der Waals surface area contributed by atoms with E-state index in [1.807, 2.05) is 6.92 Å². The van der Waals surface area contributed by atoms with Crippen LogP contribution in [0.4, 0.5) is 18.3 Å². The summed E-state index contributed by atoms with van der Waals surface area (Å²) >= 11 is 1.45. The number of aryl methyl sites for hydroxylation is 1. The van der Waals surface area contributed by atoms with E-state index in [1.54, 1.807) is 0 Å². The molecule has 1 heterocycles. The smallest absolute Gasteiger partial charge is 0.356 e. The number of alkyl halides is 3. The molecule has 0 saturated heterocycles. The van der Waals surface area contributed by atoms with Crippen molar-refractivity contribution in [1.82, 2.24) is 10.2 Å². The quantitative estimate of drug-likeness (QED) is 0.931. The lowest BCUT2D eigenvalue weighted by molar-refractivity contribution is -0.137. The van der Waals surface area contributed by atoms with Gasteiger partial charge in [-0.25, -0.2) is 0 Å². The summed E-state index contributed by atoms with van der Waals surface area (Å²) in [6.07, 6.45) is -3.47. The maximum atomic E-state index is 12.4. The molecule has 102 valence electrons. The Hall–Kier alpha value is -1.63. The Morgan fingerprint density at radius 1 is 1.16 bits per heavy atom. The molecule has 0 radical (unpaired) electrons. The number of hydrogen-bond donors (Lipinski definition) is 1. The molecular formula is C12H12F3N3S. The van der Waals surface area contributed by atoms with Gasteiger partial charge in [0.25, 0.3) is 0 Å². The number of benzene rings is 1. The Labute approximate surface area is 112 Å². The number of hydrogen-bond acceptors (Lipinski definition) is 4. The molecule has 0 aliphatic rings. The zero-order valence-electron chi connectivity index (χ0n) is 10.2. The Morgan fingerprint density at radius 3 is 2.37 bits per heavy atom. The lowest BCUT2D eigenvalue weighted by Crippen LogP contribution is -2.05. The molecule has 0 aliphatic carbocycles. The van der Waals surface area contributed by atoms with Crippen LogP contribution in [-0.2, 0) is 19.1 Å². The maximum Gasteiger partial charge on any atom is 0.416 e. The standard InChI is InChI=1S/C12H12F3N3S/c1-2-10-17-18-11(19-10)16-7-8-3-5-9(6-4-8)12(13,14)15/h3-6H,2,7H2,1H3,(H,16,18). The first-order valence-electron chi connectivity index (χ1n) is 5.71. The minimum Gasteiger partial charge on any atom is -0.356 e. The van der Waals surface area contributed by atoms with Crippen molar-refractivity contribution in [3.8, 4) is 0 Å². The van der Waals surface area contributed by atoms with Gasteiger partial charge in [-0.1, -0.05) is 30.4 Å². The van der Waals surface area contributed by atoms with E-state index in [1.165, 1.54) is 23.5 Å². The summed E-state index contributed by atoms with van der Waals surface area (Å²) in [6.45, 7) is 2.41. The Kier molecular flexibility index (Phi) is 4.04. The van der Waals surface area contributed by atoms with E-state index in [9.17, 15) is 13.2 Å². The first-order valence-corrected chi connectivity index (χ1v) is 6.53. The van der Waals surface area contributed by atoms with Crippen molar-refractivity contribution in [1.29, 1.82) is 0 Å². The van der Waals surface area contributed by atoms with Crippen LogP contribution in [0.5, 0.6) is 0 Å². The molecule has 0 amide bonds. The second-order valence-electron chi connectivity index (χ2n) is 3.90. The SMILES string of the molecule is CCc1nnc(NCc2ccc(C(F)(F)F)cc2)s1. The highest BCUT2D eigenvalue weighted by Crippen LogP contribution is 2.29. The summed E-state index contributed by atoms with van der Waals surface area (Å²) in [6, 6.07) is 5.07. The normalized spacial score (nSPS) is 11.6. The molecule has 0 unspecified atom stereocenters. The average Bonchev–Trinajstić information content (AvgIpc) is 2.84. The summed E-state index contributed by atoms with van der Waals surface area (Å²) < 4.78 is 37.1. The number of rotatable bonds is 4. The van der Waals surface area contributed by atoms with E-state index in [0.717, 1.165) is 29.1 Å². The van der Waals surface area contributed by atoms with Crippen LogP contribution >= 0.6 is 11.3 Å². The lowest BCUT2D eigenvalue weighted by Gasteiger charge is -2.07. The van der Waals surface area contributed by atoms with Crippen molar-refractivity contribution < 1.29 is 13.2 Å². The molecule has 1 aromatic carbocycles. The molecule has 2 aromatic rings. The molecule has 0 spiro atoms.